The fourth-order valence-corrected chi connectivity index (χ4v) is 5.04. The first-order valence-corrected chi connectivity index (χ1v) is 11.7. The maximum atomic E-state index is 11.5. The molecule has 0 spiro atoms. The van der Waals surface area contributed by atoms with E-state index in [2.05, 4.69) is 70.7 Å². The number of hydrogen-bond donors (Lipinski definition) is 2. The van der Waals surface area contributed by atoms with Crippen molar-refractivity contribution in [1.82, 2.24) is 15.2 Å². The molecule has 1 aliphatic heterocycles. The van der Waals surface area contributed by atoms with E-state index in [1.165, 1.54) is 11.1 Å². The summed E-state index contributed by atoms with van der Waals surface area (Å²) in [6, 6.07) is 26.8. The summed E-state index contributed by atoms with van der Waals surface area (Å²) in [5.74, 6) is 0. The van der Waals surface area contributed by atoms with Gasteiger partial charge in [-0.15, -0.1) is 24.8 Å². The van der Waals surface area contributed by atoms with Crippen LogP contribution in [0.4, 0.5) is 0 Å². The molecule has 0 bridgehead atoms. The van der Waals surface area contributed by atoms with Crippen molar-refractivity contribution >= 4 is 31.2 Å². The Kier molecular flexibility index (Phi) is 10.7. The summed E-state index contributed by atoms with van der Waals surface area (Å²) in [5.41, 5.74) is 2.18. The molecule has 35 heavy (non-hydrogen) atoms. The van der Waals surface area contributed by atoms with Crippen molar-refractivity contribution in [2.45, 2.75) is 49.8 Å². The molecule has 3 aromatic rings. The Bertz CT molecular complexity index is 975. The molecule has 1 fully saturated rings. The van der Waals surface area contributed by atoms with Crippen molar-refractivity contribution in [3.05, 3.63) is 102 Å². The molecule has 0 radical (unpaired) electrons. The third-order valence-corrected chi connectivity index (χ3v) is 7.21. The quantitative estimate of drug-likeness (QED) is 0.390. The van der Waals surface area contributed by atoms with E-state index in [9.17, 15) is 9.90 Å². The van der Waals surface area contributed by atoms with Gasteiger partial charge in [0.1, 0.15) is 5.60 Å². The van der Waals surface area contributed by atoms with Gasteiger partial charge in [-0.05, 0) is 48.9 Å². The normalized spacial score (nSPS) is 16.3. The van der Waals surface area contributed by atoms with Crippen molar-refractivity contribution in [2.24, 2.45) is 0 Å². The molecule has 1 saturated heterocycles. The zero-order valence-electron chi connectivity index (χ0n) is 20.0. The summed E-state index contributed by atoms with van der Waals surface area (Å²) < 4.78 is 0. The Hall–Kier alpha value is -2.44. The third-order valence-electron chi connectivity index (χ3n) is 7.21. The first kappa shape index (κ1) is 28.8. The molecule has 4 rings (SSSR count). The Labute approximate surface area is 220 Å². The molecule has 1 aliphatic rings. The Morgan fingerprint density at radius 2 is 1.51 bits per heavy atom. The second-order valence-corrected chi connectivity index (χ2v) is 9.19. The predicted octanol–water partition coefficient (Wildman–Crippen LogP) is 5.07. The molecular weight excluding hydrogens is 481 g/mol. The third kappa shape index (κ3) is 6.62. The van der Waals surface area contributed by atoms with Crippen molar-refractivity contribution in [3.63, 3.8) is 0 Å². The van der Waals surface area contributed by atoms with Crippen LogP contribution in [0.5, 0.6) is 0 Å². The Morgan fingerprint density at radius 1 is 0.971 bits per heavy atom. The molecule has 5 nitrogen and oxygen atoms in total. The number of aliphatic hydroxyl groups is 1. The molecule has 188 valence electrons. The highest BCUT2D eigenvalue weighted by Gasteiger charge is 2.38. The van der Waals surface area contributed by atoms with Gasteiger partial charge in [-0.2, -0.15) is 0 Å². The van der Waals surface area contributed by atoms with Gasteiger partial charge in [-0.3, -0.25) is 14.7 Å². The molecule has 2 N–H and O–H groups in total. The van der Waals surface area contributed by atoms with Gasteiger partial charge < -0.3 is 10.4 Å². The summed E-state index contributed by atoms with van der Waals surface area (Å²) in [6.45, 7) is 3.68. The van der Waals surface area contributed by atoms with Crippen molar-refractivity contribution in [1.29, 1.82) is 0 Å². The van der Waals surface area contributed by atoms with E-state index in [1.54, 1.807) is 6.20 Å². The Balaban J connectivity index is 0.00000216. The van der Waals surface area contributed by atoms with Gasteiger partial charge in [0.05, 0.1) is 11.9 Å². The van der Waals surface area contributed by atoms with Crippen LogP contribution in [-0.2, 0) is 15.8 Å². The molecule has 1 amide bonds. The van der Waals surface area contributed by atoms with E-state index in [4.69, 9.17) is 0 Å². The molecule has 2 aromatic carbocycles. The number of carbonyl (C=O) groups excluding carboxylic acids is 1. The number of benzene rings is 2. The van der Waals surface area contributed by atoms with E-state index in [0.717, 1.165) is 24.9 Å². The van der Waals surface area contributed by atoms with Crippen LogP contribution in [0, 0.1) is 0 Å². The van der Waals surface area contributed by atoms with E-state index in [1.807, 2.05) is 30.3 Å². The first-order valence-electron chi connectivity index (χ1n) is 11.7. The standard InChI is InChI=1S/C28H33N3O2.2ClH/c1-27(23-10-4-2-5-11-23,24-12-6-3-7-13-24)16-15-26(30-22-32)31-20-17-28(33,18-21-31)25-14-8-9-19-29-25;;/h2-14,19,22,26,33H,15-18,20-21H2,1H3,(H,30,32);2*1H. The van der Waals surface area contributed by atoms with Crippen LogP contribution < -0.4 is 5.32 Å². The van der Waals surface area contributed by atoms with Crippen molar-refractivity contribution < 1.29 is 9.90 Å². The maximum Gasteiger partial charge on any atom is 0.208 e. The second-order valence-electron chi connectivity index (χ2n) is 9.19. The molecule has 1 unspecified atom stereocenters. The summed E-state index contributed by atoms with van der Waals surface area (Å²) in [7, 11) is 0. The second kappa shape index (κ2) is 13.0. The van der Waals surface area contributed by atoms with E-state index in [-0.39, 0.29) is 36.4 Å². The highest BCUT2D eigenvalue weighted by Crippen LogP contribution is 2.38. The number of pyridine rings is 1. The molecule has 2 heterocycles. The number of halogens is 2. The zero-order valence-corrected chi connectivity index (χ0v) is 21.7. The molecule has 0 saturated carbocycles. The maximum absolute atomic E-state index is 11.5. The number of nitrogens with one attached hydrogen (secondary N) is 1. The van der Waals surface area contributed by atoms with Gasteiger partial charge in [-0.1, -0.05) is 73.7 Å². The number of nitrogens with zero attached hydrogens (tertiary/aromatic N) is 2. The minimum Gasteiger partial charge on any atom is -0.383 e. The highest BCUT2D eigenvalue weighted by atomic mass is 35.5. The zero-order chi connectivity index (χ0) is 23.2. The van der Waals surface area contributed by atoms with Gasteiger partial charge >= 0.3 is 0 Å². The van der Waals surface area contributed by atoms with E-state index in [0.29, 0.717) is 25.9 Å². The number of rotatable bonds is 9. The van der Waals surface area contributed by atoms with Gasteiger partial charge in [0.25, 0.3) is 0 Å². The van der Waals surface area contributed by atoms with E-state index < -0.39 is 5.60 Å². The predicted molar refractivity (Wildman–Crippen MR) is 145 cm³/mol. The average Bonchev–Trinajstić information content (AvgIpc) is 2.88. The van der Waals surface area contributed by atoms with E-state index >= 15 is 0 Å². The summed E-state index contributed by atoms with van der Waals surface area (Å²) in [6.07, 6.45) is 5.32. The average molecular weight is 517 g/mol. The number of aromatic nitrogens is 1. The summed E-state index contributed by atoms with van der Waals surface area (Å²) >= 11 is 0. The SMILES string of the molecule is CC(CCC(NC=O)N1CCC(O)(c2ccccn2)CC1)(c1ccccc1)c1ccccc1.Cl.Cl. The van der Waals surface area contributed by atoms with Crippen LogP contribution in [0.1, 0.15) is 49.4 Å². The lowest BCUT2D eigenvalue weighted by Crippen LogP contribution is -2.52. The van der Waals surface area contributed by atoms with Crippen LogP contribution in [0.25, 0.3) is 0 Å². The molecule has 0 aliphatic carbocycles. The highest BCUT2D eigenvalue weighted by molar-refractivity contribution is 5.85. The minimum absolute atomic E-state index is 0. The van der Waals surface area contributed by atoms with Gasteiger partial charge in [0.2, 0.25) is 6.41 Å². The molecule has 1 aromatic heterocycles. The number of likely N-dealkylation sites (tertiary alicyclic amines) is 1. The van der Waals surface area contributed by atoms with Gasteiger partial charge in [0.15, 0.2) is 0 Å². The van der Waals surface area contributed by atoms with Crippen LogP contribution in [-0.4, -0.2) is 40.7 Å². The topological polar surface area (TPSA) is 65.5 Å². The van der Waals surface area contributed by atoms with Crippen LogP contribution >= 0.6 is 24.8 Å². The lowest BCUT2D eigenvalue weighted by molar-refractivity contribution is -0.112. The summed E-state index contributed by atoms with van der Waals surface area (Å²) in [5, 5.41) is 14.2. The largest absolute Gasteiger partial charge is 0.383 e. The number of piperidine rings is 1. The fraction of sp³-hybridized carbons (Fsp3) is 0.357. The van der Waals surface area contributed by atoms with Crippen LogP contribution in [0.15, 0.2) is 85.1 Å². The molecule has 1 atom stereocenters. The first-order chi connectivity index (χ1) is 16.0. The molecular formula is C28H35Cl2N3O2. The minimum atomic E-state index is -0.911. The number of carbonyl (C=O) groups is 1. The Morgan fingerprint density at radius 3 is 2.00 bits per heavy atom. The lowest BCUT2D eigenvalue weighted by atomic mass is 9.72. The van der Waals surface area contributed by atoms with Crippen molar-refractivity contribution in [3.8, 4) is 0 Å². The van der Waals surface area contributed by atoms with Crippen LogP contribution in [0.2, 0.25) is 0 Å². The summed E-state index contributed by atoms with van der Waals surface area (Å²) in [4.78, 5) is 18.1. The lowest BCUT2D eigenvalue weighted by Gasteiger charge is -2.42. The number of amides is 1. The number of hydrogen-bond acceptors (Lipinski definition) is 4. The van der Waals surface area contributed by atoms with Gasteiger partial charge in [-0.25, -0.2) is 0 Å². The van der Waals surface area contributed by atoms with Crippen LogP contribution in [0.3, 0.4) is 0 Å². The molecule has 7 heteroatoms. The fourth-order valence-electron chi connectivity index (χ4n) is 5.04. The van der Waals surface area contributed by atoms with Crippen molar-refractivity contribution in [2.75, 3.05) is 13.1 Å². The van der Waals surface area contributed by atoms with Gasteiger partial charge in [0, 0.05) is 24.7 Å². The smallest absolute Gasteiger partial charge is 0.208 e. The monoisotopic (exact) mass is 515 g/mol.